The van der Waals surface area contributed by atoms with E-state index in [1.807, 2.05) is 61.5 Å². The first-order valence-electron chi connectivity index (χ1n) is 10.4. The Hall–Kier alpha value is -3.36. The Morgan fingerprint density at radius 2 is 1.58 bits per heavy atom. The molecule has 7 nitrogen and oxygen atoms in total. The minimum atomic E-state index is -3.93. The fourth-order valence-corrected chi connectivity index (χ4v) is 4.69. The molecule has 0 aliphatic rings. The maximum atomic E-state index is 13.1. The van der Waals surface area contributed by atoms with E-state index in [9.17, 15) is 13.2 Å². The van der Waals surface area contributed by atoms with Gasteiger partial charge < -0.3 is 14.8 Å². The van der Waals surface area contributed by atoms with Crippen molar-refractivity contribution in [3.05, 3.63) is 89.5 Å². The van der Waals surface area contributed by atoms with E-state index in [0.717, 1.165) is 21.0 Å². The minimum Gasteiger partial charge on any atom is -0.493 e. The van der Waals surface area contributed by atoms with Crippen LogP contribution in [0.15, 0.2) is 77.7 Å². The van der Waals surface area contributed by atoms with Crippen LogP contribution in [0, 0.1) is 6.92 Å². The van der Waals surface area contributed by atoms with Crippen molar-refractivity contribution in [3.8, 4) is 11.5 Å². The summed E-state index contributed by atoms with van der Waals surface area (Å²) < 4.78 is 37.5. The number of sulfonamides is 1. The Morgan fingerprint density at radius 3 is 2.21 bits per heavy atom. The molecule has 0 heterocycles. The van der Waals surface area contributed by atoms with Crippen molar-refractivity contribution in [1.82, 2.24) is 9.62 Å². The van der Waals surface area contributed by atoms with Crippen molar-refractivity contribution < 1.29 is 22.7 Å². The Kier molecular flexibility index (Phi) is 7.73. The molecule has 0 saturated heterocycles. The van der Waals surface area contributed by atoms with Gasteiger partial charge in [-0.2, -0.15) is 4.31 Å². The highest BCUT2D eigenvalue weighted by Gasteiger charge is 2.26. The summed E-state index contributed by atoms with van der Waals surface area (Å²) in [5.41, 5.74) is 2.88. The topological polar surface area (TPSA) is 84.9 Å². The van der Waals surface area contributed by atoms with Crippen LogP contribution in [-0.2, 0) is 14.8 Å². The molecule has 0 unspecified atom stereocenters. The minimum absolute atomic E-state index is 0.00830. The molecule has 0 spiro atoms. The van der Waals surface area contributed by atoms with Crippen LogP contribution >= 0.6 is 0 Å². The zero-order valence-corrected chi connectivity index (χ0v) is 19.9. The van der Waals surface area contributed by atoms with Gasteiger partial charge in [-0.15, -0.1) is 0 Å². The van der Waals surface area contributed by atoms with Gasteiger partial charge in [0.1, 0.15) is 0 Å². The van der Waals surface area contributed by atoms with Crippen molar-refractivity contribution in [3.63, 3.8) is 0 Å². The molecule has 0 saturated carbocycles. The molecule has 8 heteroatoms. The summed E-state index contributed by atoms with van der Waals surface area (Å²) in [6.07, 6.45) is 0. The fraction of sp³-hybridized carbons (Fsp3) is 0.240. The third-order valence-corrected chi connectivity index (χ3v) is 7.17. The lowest BCUT2D eigenvalue weighted by Crippen LogP contribution is -2.40. The summed E-state index contributed by atoms with van der Waals surface area (Å²) in [5.74, 6) is 0.291. The zero-order valence-electron chi connectivity index (χ0n) is 19.1. The van der Waals surface area contributed by atoms with Gasteiger partial charge in [0.2, 0.25) is 15.9 Å². The van der Waals surface area contributed by atoms with Gasteiger partial charge >= 0.3 is 0 Å². The molecule has 0 fully saturated rings. The predicted molar refractivity (Wildman–Crippen MR) is 127 cm³/mol. The monoisotopic (exact) mass is 468 g/mol. The van der Waals surface area contributed by atoms with Gasteiger partial charge in [-0.1, -0.05) is 54.6 Å². The van der Waals surface area contributed by atoms with Crippen molar-refractivity contribution in [2.24, 2.45) is 0 Å². The van der Waals surface area contributed by atoms with Crippen molar-refractivity contribution in [2.45, 2.75) is 17.9 Å². The van der Waals surface area contributed by atoms with Crippen LogP contribution < -0.4 is 14.8 Å². The zero-order chi connectivity index (χ0) is 24.0. The largest absolute Gasteiger partial charge is 0.493 e. The Morgan fingerprint density at radius 1 is 0.939 bits per heavy atom. The summed E-state index contributed by atoms with van der Waals surface area (Å²) in [6, 6.07) is 21.3. The maximum Gasteiger partial charge on any atom is 0.243 e. The Balaban J connectivity index is 1.82. The molecule has 3 aromatic rings. The van der Waals surface area contributed by atoms with Gasteiger partial charge in [0.05, 0.1) is 31.7 Å². The SMILES string of the molecule is COc1ccc(S(=O)(=O)N(C)CC(=O)N[C@H](c2ccccc2)c2ccccc2C)cc1OC. The summed E-state index contributed by atoms with van der Waals surface area (Å²) >= 11 is 0. The summed E-state index contributed by atoms with van der Waals surface area (Å²) in [7, 11) is 0.348. The van der Waals surface area contributed by atoms with E-state index in [-0.39, 0.29) is 11.4 Å². The number of nitrogens with zero attached hydrogens (tertiary/aromatic N) is 1. The third-order valence-electron chi connectivity index (χ3n) is 5.37. The highest BCUT2D eigenvalue weighted by atomic mass is 32.2. The second-order valence-electron chi connectivity index (χ2n) is 7.55. The van der Waals surface area contributed by atoms with E-state index in [4.69, 9.17) is 9.47 Å². The van der Waals surface area contributed by atoms with E-state index in [2.05, 4.69) is 5.32 Å². The molecule has 1 amide bonds. The van der Waals surface area contributed by atoms with E-state index < -0.39 is 22.0 Å². The van der Waals surface area contributed by atoms with Crippen LogP contribution in [-0.4, -0.2) is 46.4 Å². The number of amides is 1. The summed E-state index contributed by atoms with van der Waals surface area (Å²) in [6.45, 7) is 1.64. The van der Waals surface area contributed by atoms with Gasteiger partial charge in [0, 0.05) is 13.1 Å². The maximum absolute atomic E-state index is 13.1. The third kappa shape index (κ3) is 5.53. The molecule has 0 radical (unpaired) electrons. The Labute approximate surface area is 195 Å². The van der Waals surface area contributed by atoms with Crippen LogP contribution in [0.2, 0.25) is 0 Å². The molecule has 1 N–H and O–H groups in total. The van der Waals surface area contributed by atoms with E-state index >= 15 is 0 Å². The number of hydrogen-bond donors (Lipinski definition) is 1. The lowest BCUT2D eigenvalue weighted by molar-refractivity contribution is -0.121. The van der Waals surface area contributed by atoms with Crippen molar-refractivity contribution >= 4 is 15.9 Å². The lowest BCUT2D eigenvalue weighted by Gasteiger charge is -2.23. The molecule has 0 aromatic heterocycles. The van der Waals surface area contributed by atoms with Gasteiger partial charge in [-0.25, -0.2) is 8.42 Å². The van der Waals surface area contributed by atoms with Crippen LogP contribution in [0.5, 0.6) is 11.5 Å². The summed E-state index contributed by atoms with van der Waals surface area (Å²) in [5, 5.41) is 3.00. The van der Waals surface area contributed by atoms with Gasteiger partial charge in [-0.05, 0) is 35.7 Å². The molecular weight excluding hydrogens is 440 g/mol. The molecule has 0 aliphatic carbocycles. The summed E-state index contributed by atoms with van der Waals surface area (Å²) in [4.78, 5) is 13.0. The number of aryl methyl sites for hydroxylation is 1. The second-order valence-corrected chi connectivity index (χ2v) is 9.59. The van der Waals surface area contributed by atoms with Crippen molar-refractivity contribution in [2.75, 3.05) is 27.8 Å². The normalized spacial score (nSPS) is 12.3. The highest BCUT2D eigenvalue weighted by molar-refractivity contribution is 7.89. The van der Waals surface area contributed by atoms with Gasteiger partial charge in [0.25, 0.3) is 0 Å². The number of carbonyl (C=O) groups is 1. The Bertz CT molecular complexity index is 1210. The number of benzene rings is 3. The number of hydrogen-bond acceptors (Lipinski definition) is 5. The first-order valence-corrected chi connectivity index (χ1v) is 11.8. The quantitative estimate of drug-likeness (QED) is 0.519. The molecule has 1 atom stereocenters. The van der Waals surface area contributed by atoms with Crippen LogP contribution in [0.1, 0.15) is 22.7 Å². The number of likely N-dealkylation sites (N-methyl/N-ethyl adjacent to an activating group) is 1. The smallest absolute Gasteiger partial charge is 0.243 e. The second kappa shape index (κ2) is 10.5. The molecule has 3 aromatic carbocycles. The number of nitrogens with one attached hydrogen (secondary N) is 1. The first kappa shape index (κ1) is 24.3. The average molecular weight is 469 g/mol. The number of methoxy groups -OCH3 is 2. The van der Waals surface area contributed by atoms with Crippen LogP contribution in [0.4, 0.5) is 0 Å². The number of rotatable bonds is 9. The van der Waals surface area contributed by atoms with Crippen LogP contribution in [0.3, 0.4) is 0 Å². The van der Waals surface area contributed by atoms with Crippen LogP contribution in [0.25, 0.3) is 0 Å². The van der Waals surface area contributed by atoms with E-state index in [1.165, 1.54) is 39.5 Å². The molecule has 0 bridgehead atoms. The molecule has 0 aliphatic heterocycles. The molecule has 174 valence electrons. The first-order chi connectivity index (χ1) is 15.8. The van der Waals surface area contributed by atoms with E-state index in [0.29, 0.717) is 11.5 Å². The average Bonchev–Trinajstić information content (AvgIpc) is 2.83. The lowest BCUT2D eigenvalue weighted by atomic mass is 9.95. The molecule has 3 rings (SSSR count). The van der Waals surface area contributed by atoms with Gasteiger partial charge in [-0.3, -0.25) is 4.79 Å². The number of ether oxygens (including phenoxy) is 2. The highest BCUT2D eigenvalue weighted by Crippen LogP contribution is 2.30. The van der Waals surface area contributed by atoms with E-state index in [1.54, 1.807) is 0 Å². The standard InChI is InChI=1S/C25H28N2O5S/c1-18-10-8-9-13-21(18)25(19-11-6-5-7-12-19)26-24(28)17-27(2)33(29,30)20-14-15-22(31-3)23(16-20)32-4/h5-16,25H,17H2,1-4H3,(H,26,28)/t25-/m1/s1. The molecular formula is C25H28N2O5S. The number of carbonyl (C=O) groups excluding carboxylic acids is 1. The predicted octanol–water partition coefficient (Wildman–Crippen LogP) is 3.54. The van der Waals surface area contributed by atoms with Crippen molar-refractivity contribution in [1.29, 1.82) is 0 Å². The molecule has 33 heavy (non-hydrogen) atoms. The van der Waals surface area contributed by atoms with Gasteiger partial charge in [0.15, 0.2) is 11.5 Å². The fourth-order valence-electron chi connectivity index (χ4n) is 3.55.